The Morgan fingerprint density at radius 3 is 2.31 bits per heavy atom. The van der Waals surface area contributed by atoms with Gasteiger partial charge in [-0.1, -0.05) is 12.1 Å². The van der Waals surface area contributed by atoms with Crippen LogP contribution in [0, 0.1) is 0 Å². The molecule has 0 bridgehead atoms. The lowest BCUT2D eigenvalue weighted by molar-refractivity contribution is 0.0650. The fourth-order valence-electron chi connectivity index (χ4n) is 1.40. The molecule has 4 nitrogen and oxygen atoms in total. The summed E-state index contributed by atoms with van der Waals surface area (Å²) >= 11 is 0. The molecule has 0 heterocycles. The number of aliphatic hydroxyl groups excluding tert-OH is 1. The van der Waals surface area contributed by atoms with E-state index in [1.807, 2.05) is 0 Å². The summed E-state index contributed by atoms with van der Waals surface area (Å²) in [7, 11) is -1.62. The fraction of sp³-hybridized carbons (Fsp3) is 0.455. The molecule has 5 heteroatoms. The van der Waals surface area contributed by atoms with Crippen LogP contribution in [0.15, 0.2) is 29.2 Å². The maximum Gasteiger partial charge on any atom is 0.175 e. The minimum absolute atomic E-state index is 0.272. The molecular formula is C11H16O4S. The SMILES string of the molecule is COCC(O)Cc1ccc(S(C)(=O)=O)cc1. The lowest BCUT2D eigenvalue weighted by Crippen LogP contribution is -2.16. The van der Waals surface area contributed by atoms with Gasteiger partial charge in [0.15, 0.2) is 9.84 Å². The second-order valence-electron chi connectivity index (χ2n) is 3.73. The molecule has 0 fully saturated rings. The van der Waals surface area contributed by atoms with Crippen molar-refractivity contribution in [3.05, 3.63) is 29.8 Å². The van der Waals surface area contributed by atoms with Gasteiger partial charge in [-0.3, -0.25) is 0 Å². The van der Waals surface area contributed by atoms with Crippen molar-refractivity contribution in [2.24, 2.45) is 0 Å². The average molecular weight is 244 g/mol. The predicted molar refractivity (Wildman–Crippen MR) is 61.1 cm³/mol. The Bertz CT molecular complexity index is 422. The molecule has 1 rings (SSSR count). The van der Waals surface area contributed by atoms with Crippen LogP contribution in [0.25, 0.3) is 0 Å². The average Bonchev–Trinajstić information content (AvgIpc) is 2.17. The van der Waals surface area contributed by atoms with Crippen LogP contribution in [-0.2, 0) is 21.0 Å². The molecule has 1 aromatic rings. The molecule has 1 unspecified atom stereocenters. The largest absolute Gasteiger partial charge is 0.390 e. The smallest absolute Gasteiger partial charge is 0.175 e. The van der Waals surface area contributed by atoms with Crippen LogP contribution < -0.4 is 0 Å². The lowest BCUT2D eigenvalue weighted by atomic mass is 10.1. The van der Waals surface area contributed by atoms with Gasteiger partial charge in [-0.2, -0.15) is 0 Å². The van der Waals surface area contributed by atoms with Gasteiger partial charge in [-0.15, -0.1) is 0 Å². The summed E-state index contributed by atoms with van der Waals surface area (Å²) in [6, 6.07) is 6.50. The van der Waals surface area contributed by atoms with Crippen molar-refractivity contribution in [2.45, 2.75) is 17.4 Å². The van der Waals surface area contributed by atoms with Gasteiger partial charge < -0.3 is 9.84 Å². The van der Waals surface area contributed by atoms with E-state index in [9.17, 15) is 13.5 Å². The van der Waals surface area contributed by atoms with Gasteiger partial charge in [0.1, 0.15) is 0 Å². The quantitative estimate of drug-likeness (QED) is 0.825. The van der Waals surface area contributed by atoms with E-state index in [-0.39, 0.29) is 11.5 Å². The van der Waals surface area contributed by atoms with Crippen molar-refractivity contribution < 1.29 is 18.3 Å². The van der Waals surface area contributed by atoms with Gasteiger partial charge in [-0.05, 0) is 17.7 Å². The highest BCUT2D eigenvalue weighted by atomic mass is 32.2. The maximum atomic E-state index is 11.2. The molecule has 1 aromatic carbocycles. The molecule has 0 aliphatic rings. The second-order valence-corrected chi connectivity index (χ2v) is 5.75. The summed E-state index contributed by atoms with van der Waals surface area (Å²) in [5.41, 5.74) is 0.886. The summed E-state index contributed by atoms with van der Waals surface area (Å²) in [4.78, 5) is 0.289. The van der Waals surface area contributed by atoms with E-state index in [2.05, 4.69) is 0 Å². The van der Waals surface area contributed by atoms with Gasteiger partial charge in [-0.25, -0.2) is 8.42 Å². The number of benzene rings is 1. The van der Waals surface area contributed by atoms with Crippen LogP contribution >= 0.6 is 0 Å². The molecule has 0 spiro atoms. The molecular weight excluding hydrogens is 228 g/mol. The first-order valence-electron chi connectivity index (χ1n) is 4.89. The van der Waals surface area contributed by atoms with Crippen molar-refractivity contribution >= 4 is 9.84 Å². The first kappa shape index (κ1) is 13.2. The Hall–Kier alpha value is -0.910. The zero-order valence-electron chi connectivity index (χ0n) is 9.38. The normalized spacial score (nSPS) is 13.7. The first-order chi connectivity index (χ1) is 7.43. The number of hydrogen-bond acceptors (Lipinski definition) is 4. The monoisotopic (exact) mass is 244 g/mol. The van der Waals surface area contributed by atoms with E-state index in [0.717, 1.165) is 5.56 Å². The van der Waals surface area contributed by atoms with Crippen molar-refractivity contribution in [1.29, 1.82) is 0 Å². The van der Waals surface area contributed by atoms with E-state index in [1.165, 1.54) is 13.4 Å². The summed E-state index contributed by atoms with van der Waals surface area (Å²) in [5, 5.41) is 9.49. The topological polar surface area (TPSA) is 63.6 Å². The van der Waals surface area contributed by atoms with Crippen LogP contribution in [-0.4, -0.2) is 39.6 Å². The molecule has 1 N–H and O–H groups in total. The summed E-state index contributed by atoms with van der Waals surface area (Å²) in [6.45, 7) is 0.272. The molecule has 0 aliphatic heterocycles. The fourth-order valence-corrected chi connectivity index (χ4v) is 2.03. The van der Waals surface area contributed by atoms with Crippen molar-refractivity contribution in [1.82, 2.24) is 0 Å². The Morgan fingerprint density at radius 1 is 1.31 bits per heavy atom. The molecule has 0 saturated carbocycles. The van der Waals surface area contributed by atoms with E-state index in [0.29, 0.717) is 6.42 Å². The molecule has 16 heavy (non-hydrogen) atoms. The third-order valence-corrected chi connectivity index (χ3v) is 3.31. The summed E-state index contributed by atoms with van der Waals surface area (Å²) in [5.74, 6) is 0. The highest BCUT2D eigenvalue weighted by Gasteiger charge is 2.08. The Kier molecular flexibility index (Phi) is 4.46. The van der Waals surface area contributed by atoms with Gasteiger partial charge in [0.05, 0.1) is 17.6 Å². The van der Waals surface area contributed by atoms with E-state index >= 15 is 0 Å². The van der Waals surface area contributed by atoms with Crippen molar-refractivity contribution in [3.63, 3.8) is 0 Å². The van der Waals surface area contributed by atoms with Crippen LogP contribution in [0.3, 0.4) is 0 Å². The second kappa shape index (κ2) is 5.43. The van der Waals surface area contributed by atoms with Crippen LogP contribution in [0.4, 0.5) is 0 Å². The minimum atomic E-state index is -3.15. The zero-order chi connectivity index (χ0) is 12.2. The molecule has 0 amide bonds. The number of aliphatic hydroxyl groups is 1. The molecule has 90 valence electrons. The number of hydrogen-bond donors (Lipinski definition) is 1. The van der Waals surface area contributed by atoms with E-state index < -0.39 is 15.9 Å². The molecule has 0 radical (unpaired) electrons. The van der Waals surface area contributed by atoms with Gasteiger partial charge in [0.2, 0.25) is 0 Å². The molecule has 0 saturated heterocycles. The number of rotatable bonds is 5. The lowest BCUT2D eigenvalue weighted by Gasteiger charge is -2.09. The summed E-state index contributed by atoms with van der Waals surface area (Å²) in [6.07, 6.45) is 1.06. The van der Waals surface area contributed by atoms with Crippen LogP contribution in [0.5, 0.6) is 0 Å². The van der Waals surface area contributed by atoms with Crippen LogP contribution in [0.2, 0.25) is 0 Å². The Balaban J connectivity index is 2.72. The zero-order valence-corrected chi connectivity index (χ0v) is 10.2. The van der Waals surface area contributed by atoms with Crippen molar-refractivity contribution in [2.75, 3.05) is 20.0 Å². The van der Waals surface area contributed by atoms with Crippen molar-refractivity contribution in [3.8, 4) is 0 Å². The van der Waals surface area contributed by atoms with Gasteiger partial charge in [0.25, 0.3) is 0 Å². The summed E-state index contributed by atoms with van der Waals surface area (Å²) < 4.78 is 27.2. The third-order valence-electron chi connectivity index (χ3n) is 2.18. The number of ether oxygens (including phenoxy) is 1. The Morgan fingerprint density at radius 2 is 1.88 bits per heavy atom. The van der Waals surface area contributed by atoms with Crippen LogP contribution in [0.1, 0.15) is 5.56 Å². The highest BCUT2D eigenvalue weighted by molar-refractivity contribution is 7.90. The van der Waals surface area contributed by atoms with Gasteiger partial charge >= 0.3 is 0 Å². The number of sulfone groups is 1. The molecule has 0 aliphatic carbocycles. The minimum Gasteiger partial charge on any atom is -0.390 e. The van der Waals surface area contributed by atoms with E-state index in [1.54, 1.807) is 24.3 Å². The standard InChI is InChI=1S/C11H16O4S/c1-15-8-10(12)7-9-3-5-11(6-4-9)16(2,13)14/h3-6,10,12H,7-8H2,1-2H3. The van der Waals surface area contributed by atoms with Gasteiger partial charge in [0, 0.05) is 19.8 Å². The predicted octanol–water partition coefficient (Wildman–Crippen LogP) is 0.640. The van der Waals surface area contributed by atoms with E-state index in [4.69, 9.17) is 4.74 Å². The molecule has 0 aromatic heterocycles. The highest BCUT2D eigenvalue weighted by Crippen LogP contribution is 2.11. The molecule has 1 atom stereocenters. The third kappa shape index (κ3) is 3.92. The number of methoxy groups -OCH3 is 1. The maximum absolute atomic E-state index is 11.2. The first-order valence-corrected chi connectivity index (χ1v) is 6.78. The Labute approximate surface area is 95.8 Å².